The van der Waals surface area contributed by atoms with E-state index in [1.54, 1.807) is 0 Å². The molecule has 1 unspecified atom stereocenters. The molecule has 1 atom stereocenters. The molecule has 1 saturated heterocycles. The standard InChI is InChI=1S/C24H25ClN4O/c1-16-5-10-21(14-17(16)2)26-24(30)19-4-3-13-29(15-19)23-12-11-22(27-28-23)18-6-8-20(25)9-7-18/h5-12,14,19H,3-4,13,15H2,1-2H3,(H,26,30). The summed E-state index contributed by atoms with van der Waals surface area (Å²) < 4.78 is 0. The smallest absolute Gasteiger partial charge is 0.229 e. The fraction of sp³-hybridized carbons (Fsp3) is 0.292. The van der Waals surface area contributed by atoms with Crippen LogP contribution in [-0.4, -0.2) is 29.2 Å². The number of hydrogen-bond donors (Lipinski definition) is 1. The van der Waals surface area contributed by atoms with Crippen molar-refractivity contribution >= 4 is 29.0 Å². The number of hydrogen-bond acceptors (Lipinski definition) is 4. The number of aromatic nitrogens is 2. The second kappa shape index (κ2) is 8.84. The maximum atomic E-state index is 12.8. The molecule has 0 bridgehead atoms. The van der Waals surface area contributed by atoms with Gasteiger partial charge >= 0.3 is 0 Å². The number of aryl methyl sites for hydroxylation is 2. The van der Waals surface area contributed by atoms with Crippen LogP contribution in [0.3, 0.4) is 0 Å². The van der Waals surface area contributed by atoms with E-state index in [2.05, 4.69) is 34.3 Å². The van der Waals surface area contributed by atoms with Crippen LogP contribution in [-0.2, 0) is 4.79 Å². The molecule has 6 heteroatoms. The third-order valence-electron chi connectivity index (χ3n) is 5.68. The fourth-order valence-electron chi connectivity index (χ4n) is 3.73. The predicted octanol–water partition coefficient (Wildman–Crippen LogP) is 5.27. The van der Waals surface area contributed by atoms with E-state index in [4.69, 9.17) is 11.6 Å². The van der Waals surface area contributed by atoms with Crippen LogP contribution in [0, 0.1) is 19.8 Å². The van der Waals surface area contributed by atoms with Gasteiger partial charge in [-0.05, 0) is 74.2 Å². The first kappa shape index (κ1) is 20.4. The summed E-state index contributed by atoms with van der Waals surface area (Å²) in [6.45, 7) is 5.65. The Balaban J connectivity index is 1.42. The summed E-state index contributed by atoms with van der Waals surface area (Å²) in [5.74, 6) is 0.795. The maximum absolute atomic E-state index is 12.8. The number of rotatable bonds is 4. The predicted molar refractivity (Wildman–Crippen MR) is 122 cm³/mol. The van der Waals surface area contributed by atoms with Gasteiger partial charge in [0.25, 0.3) is 0 Å². The summed E-state index contributed by atoms with van der Waals surface area (Å²) in [7, 11) is 0. The highest BCUT2D eigenvalue weighted by Gasteiger charge is 2.27. The van der Waals surface area contributed by atoms with Gasteiger partial charge in [0, 0.05) is 29.4 Å². The Labute approximate surface area is 182 Å². The number of carbonyl (C=O) groups is 1. The van der Waals surface area contributed by atoms with Gasteiger partial charge in [0.2, 0.25) is 5.91 Å². The first-order valence-corrected chi connectivity index (χ1v) is 10.6. The number of anilines is 2. The molecule has 1 amide bonds. The van der Waals surface area contributed by atoms with Crippen LogP contribution < -0.4 is 10.2 Å². The highest BCUT2D eigenvalue weighted by molar-refractivity contribution is 6.30. The summed E-state index contributed by atoms with van der Waals surface area (Å²) >= 11 is 5.96. The highest BCUT2D eigenvalue weighted by atomic mass is 35.5. The monoisotopic (exact) mass is 420 g/mol. The van der Waals surface area contributed by atoms with E-state index in [0.717, 1.165) is 42.1 Å². The summed E-state index contributed by atoms with van der Waals surface area (Å²) in [6.07, 6.45) is 1.83. The first-order chi connectivity index (χ1) is 14.5. The van der Waals surface area contributed by atoms with E-state index in [-0.39, 0.29) is 11.8 Å². The Hall–Kier alpha value is -2.92. The number of amides is 1. The van der Waals surface area contributed by atoms with Gasteiger partial charge in [0.15, 0.2) is 5.82 Å². The molecule has 154 valence electrons. The van der Waals surface area contributed by atoms with E-state index < -0.39 is 0 Å². The van der Waals surface area contributed by atoms with E-state index in [9.17, 15) is 4.79 Å². The van der Waals surface area contributed by atoms with Gasteiger partial charge in [-0.3, -0.25) is 4.79 Å². The van der Waals surface area contributed by atoms with Gasteiger partial charge in [0.05, 0.1) is 11.6 Å². The minimum absolute atomic E-state index is 0.0636. The first-order valence-electron chi connectivity index (χ1n) is 10.2. The van der Waals surface area contributed by atoms with Crippen LogP contribution in [0.5, 0.6) is 0 Å². The highest BCUT2D eigenvalue weighted by Crippen LogP contribution is 2.25. The zero-order chi connectivity index (χ0) is 21.1. The van der Waals surface area contributed by atoms with Crippen LogP contribution in [0.25, 0.3) is 11.3 Å². The zero-order valence-corrected chi connectivity index (χ0v) is 18.0. The molecule has 3 aromatic rings. The number of carbonyl (C=O) groups excluding carboxylic acids is 1. The van der Waals surface area contributed by atoms with Crippen molar-refractivity contribution in [3.8, 4) is 11.3 Å². The lowest BCUT2D eigenvalue weighted by molar-refractivity contribution is -0.120. The molecule has 30 heavy (non-hydrogen) atoms. The van der Waals surface area contributed by atoms with E-state index in [0.29, 0.717) is 11.6 Å². The van der Waals surface area contributed by atoms with Crippen molar-refractivity contribution in [3.05, 3.63) is 70.7 Å². The Morgan fingerprint density at radius 3 is 2.53 bits per heavy atom. The van der Waals surface area contributed by atoms with E-state index in [1.165, 1.54) is 11.1 Å². The van der Waals surface area contributed by atoms with Crippen molar-refractivity contribution in [1.82, 2.24) is 10.2 Å². The summed E-state index contributed by atoms with van der Waals surface area (Å²) in [5.41, 5.74) is 5.03. The Kier molecular flexibility index (Phi) is 6.00. The lowest BCUT2D eigenvalue weighted by Gasteiger charge is -2.32. The average Bonchev–Trinajstić information content (AvgIpc) is 2.77. The summed E-state index contributed by atoms with van der Waals surface area (Å²) in [6, 6.07) is 17.5. The maximum Gasteiger partial charge on any atom is 0.229 e. The van der Waals surface area contributed by atoms with Gasteiger partial charge in [0.1, 0.15) is 0 Å². The Bertz CT molecular complexity index is 1030. The lowest BCUT2D eigenvalue weighted by Crippen LogP contribution is -2.41. The quantitative estimate of drug-likeness (QED) is 0.624. The molecular weight excluding hydrogens is 396 g/mol. The molecule has 4 rings (SSSR count). The van der Waals surface area contributed by atoms with Gasteiger partial charge in [-0.1, -0.05) is 29.8 Å². The molecule has 5 nitrogen and oxygen atoms in total. The molecule has 2 aromatic carbocycles. The minimum atomic E-state index is -0.0712. The van der Waals surface area contributed by atoms with Gasteiger partial charge in [-0.2, -0.15) is 0 Å². The molecular formula is C24H25ClN4O. The molecule has 0 saturated carbocycles. The lowest BCUT2D eigenvalue weighted by atomic mass is 9.97. The topological polar surface area (TPSA) is 58.1 Å². The second-order valence-corrected chi connectivity index (χ2v) is 8.29. The van der Waals surface area contributed by atoms with Crippen LogP contribution in [0.15, 0.2) is 54.6 Å². The molecule has 0 radical (unpaired) electrons. The van der Waals surface area contributed by atoms with Crippen LogP contribution >= 0.6 is 11.6 Å². The second-order valence-electron chi connectivity index (χ2n) is 7.86. The van der Waals surface area contributed by atoms with Gasteiger partial charge in [-0.15, -0.1) is 10.2 Å². The number of halogens is 1. The fourth-order valence-corrected chi connectivity index (χ4v) is 3.86. The molecule has 1 aromatic heterocycles. The molecule has 1 fully saturated rings. The zero-order valence-electron chi connectivity index (χ0n) is 17.2. The number of piperidine rings is 1. The number of benzene rings is 2. The minimum Gasteiger partial charge on any atom is -0.354 e. The van der Waals surface area contributed by atoms with Crippen molar-refractivity contribution in [3.63, 3.8) is 0 Å². The molecule has 0 spiro atoms. The number of nitrogens with one attached hydrogen (secondary N) is 1. The normalized spacial score (nSPS) is 16.4. The summed E-state index contributed by atoms with van der Waals surface area (Å²) in [4.78, 5) is 15.0. The van der Waals surface area contributed by atoms with E-state index >= 15 is 0 Å². The van der Waals surface area contributed by atoms with E-state index in [1.807, 2.05) is 54.6 Å². The molecule has 1 aliphatic heterocycles. The van der Waals surface area contributed by atoms with Crippen molar-refractivity contribution in [2.45, 2.75) is 26.7 Å². The Morgan fingerprint density at radius 2 is 1.83 bits per heavy atom. The van der Waals surface area contributed by atoms with Crippen LogP contribution in [0.2, 0.25) is 5.02 Å². The van der Waals surface area contributed by atoms with Crippen LogP contribution in [0.1, 0.15) is 24.0 Å². The molecule has 0 aliphatic carbocycles. The van der Waals surface area contributed by atoms with Crippen molar-refractivity contribution in [2.24, 2.45) is 5.92 Å². The van der Waals surface area contributed by atoms with Crippen molar-refractivity contribution < 1.29 is 4.79 Å². The number of nitrogens with zero attached hydrogens (tertiary/aromatic N) is 3. The largest absolute Gasteiger partial charge is 0.354 e. The van der Waals surface area contributed by atoms with Gasteiger partial charge < -0.3 is 10.2 Å². The Morgan fingerprint density at radius 1 is 1.03 bits per heavy atom. The van der Waals surface area contributed by atoms with Gasteiger partial charge in [-0.25, -0.2) is 0 Å². The van der Waals surface area contributed by atoms with Crippen LogP contribution in [0.4, 0.5) is 11.5 Å². The summed E-state index contributed by atoms with van der Waals surface area (Å²) in [5, 5.41) is 12.6. The SMILES string of the molecule is Cc1ccc(NC(=O)C2CCCN(c3ccc(-c4ccc(Cl)cc4)nn3)C2)cc1C. The third kappa shape index (κ3) is 4.62. The van der Waals surface area contributed by atoms with Crippen molar-refractivity contribution in [2.75, 3.05) is 23.3 Å². The molecule has 2 heterocycles. The molecule has 1 aliphatic rings. The third-order valence-corrected chi connectivity index (χ3v) is 5.93. The average molecular weight is 421 g/mol. The van der Waals surface area contributed by atoms with Crippen molar-refractivity contribution in [1.29, 1.82) is 0 Å². The molecule has 1 N–H and O–H groups in total.